The van der Waals surface area contributed by atoms with Gasteiger partial charge in [-0.2, -0.15) is 4.98 Å². The zero-order valence-corrected chi connectivity index (χ0v) is 9.56. The minimum absolute atomic E-state index is 0.148. The molecular formula is C10H19N3O2. The molecule has 1 aromatic rings. The molecule has 0 aliphatic carbocycles. The lowest BCUT2D eigenvalue weighted by Gasteiger charge is -2.09. The van der Waals surface area contributed by atoms with E-state index in [9.17, 15) is 0 Å². The summed E-state index contributed by atoms with van der Waals surface area (Å²) < 4.78 is 10.0. The molecule has 0 amide bonds. The monoisotopic (exact) mass is 213 g/mol. The maximum Gasteiger partial charge on any atom is 0.226 e. The van der Waals surface area contributed by atoms with Crippen LogP contribution in [0.5, 0.6) is 0 Å². The summed E-state index contributed by atoms with van der Waals surface area (Å²) in [7, 11) is 1.67. The van der Waals surface area contributed by atoms with Crippen molar-refractivity contribution in [1.29, 1.82) is 0 Å². The summed E-state index contributed by atoms with van der Waals surface area (Å²) in [6, 6.07) is -0.148. The van der Waals surface area contributed by atoms with Crippen LogP contribution in [0.4, 0.5) is 0 Å². The van der Waals surface area contributed by atoms with E-state index in [4.69, 9.17) is 15.0 Å². The van der Waals surface area contributed by atoms with Gasteiger partial charge in [0.25, 0.3) is 0 Å². The van der Waals surface area contributed by atoms with E-state index in [0.717, 1.165) is 12.8 Å². The van der Waals surface area contributed by atoms with Gasteiger partial charge in [-0.25, -0.2) is 0 Å². The van der Waals surface area contributed by atoms with Crippen molar-refractivity contribution < 1.29 is 9.26 Å². The highest BCUT2D eigenvalue weighted by Crippen LogP contribution is 2.15. The maximum atomic E-state index is 5.90. The third-order valence-corrected chi connectivity index (χ3v) is 2.24. The van der Waals surface area contributed by atoms with Crippen LogP contribution in [0.2, 0.25) is 0 Å². The number of hydrogen-bond acceptors (Lipinski definition) is 5. The number of rotatable bonds is 6. The first-order chi connectivity index (χ1) is 7.15. The fraction of sp³-hybridized carbons (Fsp3) is 0.800. The van der Waals surface area contributed by atoms with E-state index in [2.05, 4.69) is 10.1 Å². The van der Waals surface area contributed by atoms with Crippen molar-refractivity contribution in [3.8, 4) is 0 Å². The van der Waals surface area contributed by atoms with E-state index < -0.39 is 0 Å². The third kappa shape index (κ3) is 3.60. The van der Waals surface area contributed by atoms with Crippen LogP contribution >= 0.6 is 0 Å². The van der Waals surface area contributed by atoms with Crippen LogP contribution in [-0.4, -0.2) is 23.9 Å². The first-order valence-electron chi connectivity index (χ1n) is 5.22. The van der Waals surface area contributed by atoms with Crippen molar-refractivity contribution in [1.82, 2.24) is 10.1 Å². The summed E-state index contributed by atoms with van der Waals surface area (Å²) in [5.41, 5.74) is 5.90. The zero-order valence-electron chi connectivity index (χ0n) is 9.56. The Morgan fingerprint density at radius 1 is 1.47 bits per heavy atom. The van der Waals surface area contributed by atoms with Crippen molar-refractivity contribution in [2.75, 3.05) is 13.7 Å². The Labute approximate surface area is 90.0 Å². The average molecular weight is 213 g/mol. The lowest BCUT2D eigenvalue weighted by Crippen LogP contribution is -2.18. The van der Waals surface area contributed by atoms with Gasteiger partial charge in [0, 0.05) is 20.1 Å². The van der Waals surface area contributed by atoms with Crippen LogP contribution in [0.25, 0.3) is 0 Å². The summed E-state index contributed by atoms with van der Waals surface area (Å²) in [6.07, 6.45) is 1.63. The highest BCUT2D eigenvalue weighted by molar-refractivity contribution is 4.94. The van der Waals surface area contributed by atoms with Crippen LogP contribution < -0.4 is 5.73 Å². The summed E-state index contributed by atoms with van der Waals surface area (Å²) in [5.74, 6) is 1.55. The van der Waals surface area contributed by atoms with Gasteiger partial charge in [-0.15, -0.1) is 0 Å². The second kappa shape index (κ2) is 5.82. The largest absolute Gasteiger partial charge is 0.385 e. The van der Waals surface area contributed by atoms with E-state index in [1.54, 1.807) is 7.11 Å². The molecule has 0 saturated heterocycles. The first kappa shape index (κ1) is 12.1. The molecule has 0 radical (unpaired) electrons. The molecule has 0 bridgehead atoms. The Morgan fingerprint density at radius 3 is 2.80 bits per heavy atom. The summed E-state index contributed by atoms with van der Waals surface area (Å²) in [6.45, 7) is 4.77. The zero-order chi connectivity index (χ0) is 11.3. The number of aromatic nitrogens is 2. The molecule has 0 aliphatic heterocycles. The second-order valence-electron chi connectivity index (χ2n) is 3.91. The molecule has 1 atom stereocenters. The maximum absolute atomic E-state index is 5.90. The highest BCUT2D eigenvalue weighted by Gasteiger charge is 2.16. The lowest BCUT2D eigenvalue weighted by atomic mass is 10.1. The number of methoxy groups -OCH3 is 1. The van der Waals surface area contributed by atoms with Crippen LogP contribution in [0.3, 0.4) is 0 Å². The van der Waals surface area contributed by atoms with Crippen LogP contribution in [0.15, 0.2) is 4.52 Å². The molecule has 15 heavy (non-hydrogen) atoms. The second-order valence-corrected chi connectivity index (χ2v) is 3.91. The molecule has 86 valence electrons. The van der Waals surface area contributed by atoms with Gasteiger partial charge in [0.15, 0.2) is 5.82 Å². The lowest BCUT2D eigenvalue weighted by molar-refractivity contribution is 0.192. The predicted octanol–water partition coefficient (Wildman–Crippen LogP) is 1.30. The molecule has 0 aliphatic rings. The van der Waals surface area contributed by atoms with Gasteiger partial charge in [-0.3, -0.25) is 0 Å². The smallest absolute Gasteiger partial charge is 0.226 e. The van der Waals surface area contributed by atoms with Gasteiger partial charge in [-0.05, 0) is 12.3 Å². The van der Waals surface area contributed by atoms with Gasteiger partial charge in [0.2, 0.25) is 5.89 Å². The fourth-order valence-electron chi connectivity index (χ4n) is 1.17. The Kier molecular flexibility index (Phi) is 4.71. The molecule has 0 spiro atoms. The molecule has 0 aromatic carbocycles. The number of nitrogens with zero attached hydrogens (tertiary/aromatic N) is 2. The Morgan fingerprint density at radius 2 is 2.20 bits per heavy atom. The van der Waals surface area contributed by atoms with E-state index in [1.807, 2.05) is 13.8 Å². The van der Waals surface area contributed by atoms with Crippen LogP contribution in [0.1, 0.15) is 38.0 Å². The topological polar surface area (TPSA) is 74.2 Å². The number of ether oxygens (including phenoxy) is 1. The summed E-state index contributed by atoms with van der Waals surface area (Å²) in [5, 5.41) is 3.86. The Hall–Kier alpha value is -0.940. The standard InChI is InChI=1S/C10H19N3O2/c1-7(2)9(11)10-12-8(15-13-10)5-4-6-14-3/h7,9H,4-6,11H2,1-3H3. The van der Waals surface area contributed by atoms with Gasteiger partial charge in [0.1, 0.15) is 0 Å². The fourth-order valence-corrected chi connectivity index (χ4v) is 1.17. The first-order valence-corrected chi connectivity index (χ1v) is 5.22. The van der Waals surface area contributed by atoms with E-state index >= 15 is 0 Å². The van der Waals surface area contributed by atoms with E-state index in [-0.39, 0.29) is 6.04 Å². The summed E-state index contributed by atoms with van der Waals surface area (Å²) >= 11 is 0. The average Bonchev–Trinajstić information content (AvgIpc) is 2.65. The van der Waals surface area contributed by atoms with E-state index in [0.29, 0.717) is 24.2 Å². The number of aryl methyl sites for hydroxylation is 1. The summed E-state index contributed by atoms with van der Waals surface area (Å²) in [4.78, 5) is 4.24. The molecule has 5 heteroatoms. The molecule has 0 saturated carbocycles. The van der Waals surface area contributed by atoms with Crippen molar-refractivity contribution in [2.24, 2.45) is 11.7 Å². The van der Waals surface area contributed by atoms with Crippen molar-refractivity contribution in [3.63, 3.8) is 0 Å². The minimum atomic E-state index is -0.148. The van der Waals surface area contributed by atoms with Crippen LogP contribution in [0, 0.1) is 5.92 Å². The minimum Gasteiger partial charge on any atom is -0.385 e. The molecule has 1 heterocycles. The third-order valence-electron chi connectivity index (χ3n) is 2.24. The number of hydrogen-bond donors (Lipinski definition) is 1. The van der Waals surface area contributed by atoms with Crippen molar-refractivity contribution in [3.05, 3.63) is 11.7 Å². The molecule has 0 fully saturated rings. The van der Waals surface area contributed by atoms with Gasteiger partial charge in [0.05, 0.1) is 6.04 Å². The molecular weight excluding hydrogens is 194 g/mol. The van der Waals surface area contributed by atoms with Gasteiger partial charge >= 0.3 is 0 Å². The Balaban J connectivity index is 2.48. The molecule has 1 unspecified atom stereocenters. The van der Waals surface area contributed by atoms with Crippen molar-refractivity contribution >= 4 is 0 Å². The molecule has 1 aromatic heterocycles. The van der Waals surface area contributed by atoms with E-state index in [1.165, 1.54) is 0 Å². The molecule has 2 N–H and O–H groups in total. The van der Waals surface area contributed by atoms with Gasteiger partial charge < -0.3 is 15.0 Å². The van der Waals surface area contributed by atoms with Crippen LogP contribution in [-0.2, 0) is 11.2 Å². The highest BCUT2D eigenvalue weighted by atomic mass is 16.5. The quantitative estimate of drug-likeness (QED) is 0.721. The number of nitrogens with two attached hydrogens (primary N) is 1. The van der Waals surface area contributed by atoms with Crippen molar-refractivity contribution in [2.45, 2.75) is 32.7 Å². The molecule has 1 rings (SSSR count). The predicted molar refractivity (Wildman–Crippen MR) is 56.3 cm³/mol. The molecule has 5 nitrogen and oxygen atoms in total. The Bertz CT molecular complexity index is 286. The van der Waals surface area contributed by atoms with Gasteiger partial charge in [-0.1, -0.05) is 19.0 Å². The normalized spacial score (nSPS) is 13.4. The SMILES string of the molecule is COCCCc1nc(C(N)C(C)C)no1.